The molecule has 1 saturated carbocycles. The van der Waals surface area contributed by atoms with E-state index in [0.717, 1.165) is 31.8 Å². The van der Waals surface area contributed by atoms with Crippen LogP contribution in [0.15, 0.2) is 0 Å². The monoisotopic (exact) mass is 408 g/mol. The van der Waals surface area contributed by atoms with Gasteiger partial charge >= 0.3 is 0 Å². The summed E-state index contributed by atoms with van der Waals surface area (Å²) < 4.78 is 11.1. The molecule has 2 nitrogen and oxygen atoms in total. The van der Waals surface area contributed by atoms with Crippen molar-refractivity contribution in [2.24, 2.45) is 0 Å². The van der Waals surface area contributed by atoms with Crippen LogP contribution in [0, 0.1) is 11.5 Å². The van der Waals surface area contributed by atoms with Gasteiger partial charge in [-0.15, -0.1) is 11.5 Å². The molecule has 1 rings (SSSR count). The minimum absolute atomic E-state index is 0.311. The van der Waals surface area contributed by atoms with Gasteiger partial charge in [0.05, 0.1) is 19.3 Å². The summed E-state index contributed by atoms with van der Waals surface area (Å²) in [6.07, 6.45) is 19.3. The van der Waals surface area contributed by atoms with Gasteiger partial charge in [0.25, 0.3) is 0 Å². The maximum absolute atomic E-state index is 5.59. The summed E-state index contributed by atoms with van der Waals surface area (Å²) >= 11 is 0. The predicted octanol–water partition coefficient (Wildman–Crippen LogP) is 7.52. The largest absolute Gasteiger partial charge is 0.379 e. The van der Waals surface area contributed by atoms with E-state index in [1.165, 1.54) is 83.5 Å². The van der Waals surface area contributed by atoms with E-state index in [1.807, 2.05) is 0 Å². The van der Waals surface area contributed by atoms with E-state index in [4.69, 9.17) is 9.47 Å². The summed E-state index contributed by atoms with van der Waals surface area (Å²) in [5, 5.41) is 0. The van der Waals surface area contributed by atoms with Crippen molar-refractivity contribution < 1.29 is 9.47 Å². The average Bonchev–Trinajstić information content (AvgIpc) is 2.68. The van der Waals surface area contributed by atoms with E-state index >= 15 is 0 Å². The van der Waals surface area contributed by atoms with Gasteiger partial charge in [-0.3, -0.25) is 0 Å². The van der Waals surface area contributed by atoms with Crippen LogP contribution >= 0.6 is 0 Å². The molecule has 0 heterocycles. The van der Waals surface area contributed by atoms with Crippen LogP contribution in [0.4, 0.5) is 0 Å². The molecule has 0 amide bonds. The number of unbranched alkanes of at least 4 members (excludes halogenated alkanes) is 8. The number of rotatable bonds is 15. The molecule has 1 fully saturated rings. The van der Waals surface area contributed by atoms with Gasteiger partial charge in [-0.2, -0.15) is 0 Å². The zero-order valence-corrected chi connectivity index (χ0v) is 20.5. The summed E-state index contributed by atoms with van der Waals surface area (Å²) in [7, 11) is -1.29. The summed E-state index contributed by atoms with van der Waals surface area (Å²) in [6, 6.07) is 0. The Morgan fingerprint density at radius 3 is 2.04 bits per heavy atom. The first-order valence-electron chi connectivity index (χ1n) is 12.2. The highest BCUT2D eigenvalue weighted by molar-refractivity contribution is 6.86. The first-order chi connectivity index (χ1) is 13.5. The molecule has 0 aromatic carbocycles. The molecule has 0 aromatic heterocycles. The fourth-order valence-electron chi connectivity index (χ4n) is 4.14. The van der Waals surface area contributed by atoms with E-state index in [1.54, 1.807) is 0 Å². The Hall–Kier alpha value is -0.303. The third-order valence-corrected chi connectivity index (χ3v) is 9.50. The van der Waals surface area contributed by atoms with Crippen LogP contribution in [0.25, 0.3) is 0 Å². The molecule has 1 aliphatic carbocycles. The van der Waals surface area contributed by atoms with Gasteiger partial charge in [0, 0.05) is 13.0 Å². The Bertz CT molecular complexity index is 416. The predicted molar refractivity (Wildman–Crippen MR) is 126 cm³/mol. The lowest BCUT2D eigenvalue weighted by Gasteiger charge is -2.31. The molecule has 0 aromatic rings. The maximum Gasteiger partial charge on any atom is 0.135 e. The smallest absolute Gasteiger partial charge is 0.135 e. The van der Waals surface area contributed by atoms with Crippen molar-refractivity contribution in [3.63, 3.8) is 0 Å². The summed E-state index contributed by atoms with van der Waals surface area (Å²) in [5.74, 6) is 3.56. The van der Waals surface area contributed by atoms with E-state index in [9.17, 15) is 0 Å². The van der Waals surface area contributed by atoms with Gasteiger partial charge in [-0.1, -0.05) is 83.7 Å². The molecule has 0 bridgehead atoms. The van der Waals surface area contributed by atoms with Gasteiger partial charge in [-0.05, 0) is 32.2 Å². The van der Waals surface area contributed by atoms with Crippen LogP contribution in [-0.4, -0.2) is 34.0 Å². The van der Waals surface area contributed by atoms with Gasteiger partial charge in [-0.25, -0.2) is 0 Å². The van der Waals surface area contributed by atoms with Gasteiger partial charge < -0.3 is 9.47 Å². The molecular weight excluding hydrogens is 360 g/mol. The van der Waals surface area contributed by atoms with Crippen LogP contribution in [0.3, 0.4) is 0 Å². The van der Waals surface area contributed by atoms with Crippen LogP contribution in [0.1, 0.15) is 104 Å². The third-order valence-electron chi connectivity index (χ3n) is 6.06. The third kappa shape index (κ3) is 13.8. The normalized spacial score (nSPS) is 15.6. The zero-order chi connectivity index (χ0) is 20.5. The fourth-order valence-corrected chi connectivity index (χ4v) is 6.78. The molecule has 28 heavy (non-hydrogen) atoms. The van der Waals surface area contributed by atoms with Crippen molar-refractivity contribution in [3.05, 3.63) is 0 Å². The molecule has 0 atom stereocenters. The highest BCUT2D eigenvalue weighted by atomic mass is 28.3. The number of hydrogen-bond donors (Lipinski definition) is 0. The first-order valence-corrected chi connectivity index (χ1v) is 15.3. The lowest BCUT2D eigenvalue weighted by molar-refractivity contribution is 0.0186. The Morgan fingerprint density at radius 1 is 0.786 bits per heavy atom. The van der Waals surface area contributed by atoms with Crippen LogP contribution in [0.2, 0.25) is 18.6 Å². The van der Waals surface area contributed by atoms with Crippen molar-refractivity contribution >= 4 is 8.07 Å². The second-order valence-electron chi connectivity index (χ2n) is 9.47. The zero-order valence-electron chi connectivity index (χ0n) is 19.5. The SMILES string of the molecule is CC(C)OCCOCCCCCCCCCCC#C[Si](C)(C)C1CCCCC1. The molecule has 0 N–H and O–H groups in total. The molecule has 0 unspecified atom stereocenters. The topological polar surface area (TPSA) is 18.5 Å². The van der Waals surface area contributed by atoms with Gasteiger partial charge in [0.1, 0.15) is 8.07 Å². The minimum Gasteiger partial charge on any atom is -0.379 e. The van der Waals surface area contributed by atoms with Crippen molar-refractivity contribution in [1.29, 1.82) is 0 Å². The minimum atomic E-state index is -1.29. The van der Waals surface area contributed by atoms with Crippen LogP contribution in [-0.2, 0) is 9.47 Å². The molecule has 0 saturated heterocycles. The second-order valence-corrected chi connectivity index (χ2v) is 14.0. The molecule has 0 aliphatic heterocycles. The van der Waals surface area contributed by atoms with Crippen molar-refractivity contribution in [2.45, 2.75) is 128 Å². The van der Waals surface area contributed by atoms with Crippen molar-refractivity contribution in [2.75, 3.05) is 19.8 Å². The van der Waals surface area contributed by atoms with Crippen molar-refractivity contribution in [3.8, 4) is 11.5 Å². The lowest BCUT2D eigenvalue weighted by Crippen LogP contribution is -2.32. The summed E-state index contributed by atoms with van der Waals surface area (Å²) in [4.78, 5) is 0. The molecule has 164 valence electrons. The van der Waals surface area contributed by atoms with E-state index in [0.29, 0.717) is 6.10 Å². The van der Waals surface area contributed by atoms with Crippen molar-refractivity contribution in [1.82, 2.24) is 0 Å². The maximum atomic E-state index is 5.59. The molecule has 0 radical (unpaired) electrons. The summed E-state index contributed by atoms with van der Waals surface area (Å²) in [5.41, 5.74) is 4.71. The highest BCUT2D eigenvalue weighted by Gasteiger charge is 2.31. The quantitative estimate of drug-likeness (QED) is 0.158. The Morgan fingerprint density at radius 2 is 1.39 bits per heavy atom. The van der Waals surface area contributed by atoms with Crippen LogP contribution < -0.4 is 0 Å². The standard InChI is InChI=1S/C25H48O2Si/c1-24(2)27-22-21-26-20-16-11-9-7-5-6-8-10-12-17-23-28(3,4)25-18-14-13-15-19-25/h24-25H,5-16,18-22H2,1-4H3. The van der Waals surface area contributed by atoms with Crippen LogP contribution in [0.5, 0.6) is 0 Å². The van der Waals surface area contributed by atoms with E-state index in [-0.39, 0.29) is 0 Å². The Balaban J connectivity index is 1.85. The van der Waals surface area contributed by atoms with E-state index in [2.05, 4.69) is 38.4 Å². The molecule has 3 heteroatoms. The Kier molecular flexibility index (Phi) is 15.2. The highest BCUT2D eigenvalue weighted by Crippen LogP contribution is 2.36. The second kappa shape index (κ2) is 16.5. The number of hydrogen-bond acceptors (Lipinski definition) is 2. The fraction of sp³-hybridized carbons (Fsp3) is 0.920. The summed E-state index contributed by atoms with van der Waals surface area (Å²) in [6.45, 7) is 11.5. The first kappa shape index (κ1) is 25.7. The average molecular weight is 409 g/mol. The molecule has 0 spiro atoms. The number of ether oxygens (including phenoxy) is 2. The Labute approximate surface area is 177 Å². The lowest BCUT2D eigenvalue weighted by atomic mass is 10.0. The van der Waals surface area contributed by atoms with E-state index < -0.39 is 8.07 Å². The molecule has 1 aliphatic rings. The molecular formula is C25H48O2Si. The van der Waals surface area contributed by atoms with Gasteiger partial charge in [0.2, 0.25) is 0 Å². The van der Waals surface area contributed by atoms with Gasteiger partial charge in [0.15, 0.2) is 0 Å².